The summed E-state index contributed by atoms with van der Waals surface area (Å²) in [5.74, 6) is -0.500. The van der Waals surface area contributed by atoms with Crippen LogP contribution in [0.25, 0.3) is 0 Å². The summed E-state index contributed by atoms with van der Waals surface area (Å²) < 4.78 is 0. The number of rotatable bonds is 3. The number of aliphatic hydroxyl groups is 1. The summed E-state index contributed by atoms with van der Waals surface area (Å²) in [4.78, 5) is 17.6. The molecular weight excluding hydrogens is 314 g/mol. The average Bonchev–Trinajstić information content (AvgIpc) is 2.56. The van der Waals surface area contributed by atoms with E-state index < -0.39 is 11.5 Å². The Kier molecular flexibility index (Phi) is 4.24. The van der Waals surface area contributed by atoms with Crippen LogP contribution in [0.1, 0.15) is 28.8 Å². The Balaban J connectivity index is 1.82. The molecule has 2 aromatic rings. The van der Waals surface area contributed by atoms with Crippen LogP contribution in [0.3, 0.4) is 0 Å². The molecular formula is C17H18ClN3O2. The molecule has 0 radical (unpaired) electrons. The van der Waals surface area contributed by atoms with Crippen LogP contribution in [0, 0.1) is 0 Å². The van der Waals surface area contributed by atoms with E-state index in [2.05, 4.69) is 4.98 Å². The molecule has 5 nitrogen and oxygen atoms in total. The van der Waals surface area contributed by atoms with Crippen molar-refractivity contribution >= 4 is 23.2 Å². The molecule has 1 aliphatic rings. The van der Waals surface area contributed by atoms with E-state index in [0.29, 0.717) is 36.5 Å². The maximum Gasteiger partial charge on any atom is 0.252 e. The van der Waals surface area contributed by atoms with Crippen molar-refractivity contribution in [3.8, 4) is 0 Å². The number of primary amides is 1. The zero-order valence-electron chi connectivity index (χ0n) is 12.6. The smallest absolute Gasteiger partial charge is 0.252 e. The van der Waals surface area contributed by atoms with Gasteiger partial charge in [0.25, 0.3) is 5.91 Å². The Bertz CT molecular complexity index is 727. The number of piperidine rings is 1. The SMILES string of the molecule is NC(=O)c1cnccc1N1CCC(O)(c2ccccc2Cl)CC1. The number of hydrogen-bond acceptors (Lipinski definition) is 4. The molecule has 0 saturated carbocycles. The van der Waals surface area contributed by atoms with Gasteiger partial charge >= 0.3 is 0 Å². The second kappa shape index (κ2) is 6.18. The number of pyridine rings is 1. The van der Waals surface area contributed by atoms with Gasteiger partial charge < -0.3 is 15.7 Å². The minimum Gasteiger partial charge on any atom is -0.385 e. The molecule has 1 fully saturated rings. The standard InChI is InChI=1S/C17H18ClN3O2/c18-14-4-2-1-3-13(14)17(23)6-9-21(10-7-17)15-5-8-20-11-12(15)16(19)22/h1-5,8,11,23H,6-7,9-10H2,(H2,19,22). The van der Waals surface area contributed by atoms with Crippen LogP contribution < -0.4 is 10.6 Å². The van der Waals surface area contributed by atoms with Crippen molar-refractivity contribution < 1.29 is 9.90 Å². The summed E-state index contributed by atoms with van der Waals surface area (Å²) in [5, 5.41) is 11.5. The molecule has 3 N–H and O–H groups in total. The molecule has 0 atom stereocenters. The summed E-state index contributed by atoms with van der Waals surface area (Å²) >= 11 is 6.22. The quantitative estimate of drug-likeness (QED) is 0.904. The normalized spacial score (nSPS) is 17.0. The van der Waals surface area contributed by atoms with Gasteiger partial charge in [0.15, 0.2) is 0 Å². The average molecular weight is 332 g/mol. The fourth-order valence-electron chi connectivity index (χ4n) is 3.08. The Hall–Kier alpha value is -2.11. The number of anilines is 1. The van der Waals surface area contributed by atoms with Gasteiger partial charge in [-0.3, -0.25) is 9.78 Å². The summed E-state index contributed by atoms with van der Waals surface area (Å²) in [7, 11) is 0. The molecule has 120 valence electrons. The van der Waals surface area contributed by atoms with E-state index in [-0.39, 0.29) is 0 Å². The number of nitrogens with zero attached hydrogens (tertiary/aromatic N) is 2. The number of carbonyl (C=O) groups is 1. The molecule has 6 heteroatoms. The predicted molar refractivity (Wildman–Crippen MR) is 89.6 cm³/mol. The van der Waals surface area contributed by atoms with Crippen molar-refractivity contribution in [2.75, 3.05) is 18.0 Å². The lowest BCUT2D eigenvalue weighted by atomic mass is 9.84. The van der Waals surface area contributed by atoms with Gasteiger partial charge in [-0.25, -0.2) is 0 Å². The first-order valence-corrected chi connectivity index (χ1v) is 7.85. The first-order valence-electron chi connectivity index (χ1n) is 7.47. The van der Waals surface area contributed by atoms with E-state index in [1.807, 2.05) is 23.1 Å². The first-order chi connectivity index (χ1) is 11.0. The summed E-state index contributed by atoms with van der Waals surface area (Å²) in [6.07, 6.45) is 4.16. The topological polar surface area (TPSA) is 79.5 Å². The molecule has 0 aliphatic carbocycles. The Morgan fingerprint density at radius 3 is 2.61 bits per heavy atom. The summed E-state index contributed by atoms with van der Waals surface area (Å²) in [5.41, 5.74) is 6.38. The Morgan fingerprint density at radius 2 is 1.96 bits per heavy atom. The number of halogens is 1. The van der Waals surface area contributed by atoms with Crippen LogP contribution in [0.2, 0.25) is 5.02 Å². The highest BCUT2D eigenvalue weighted by atomic mass is 35.5. The van der Waals surface area contributed by atoms with E-state index >= 15 is 0 Å². The lowest BCUT2D eigenvalue weighted by Crippen LogP contribution is -2.43. The molecule has 0 bridgehead atoms. The number of hydrogen-bond donors (Lipinski definition) is 2. The molecule has 3 rings (SSSR count). The molecule has 1 aliphatic heterocycles. The number of benzene rings is 1. The van der Waals surface area contributed by atoms with Crippen molar-refractivity contribution in [1.29, 1.82) is 0 Å². The third-order valence-electron chi connectivity index (χ3n) is 4.37. The molecule has 1 amide bonds. The second-order valence-corrected chi connectivity index (χ2v) is 6.16. The lowest BCUT2D eigenvalue weighted by Gasteiger charge is -2.40. The van der Waals surface area contributed by atoms with E-state index in [0.717, 1.165) is 11.3 Å². The fourth-order valence-corrected chi connectivity index (χ4v) is 3.39. The van der Waals surface area contributed by atoms with Crippen molar-refractivity contribution in [2.45, 2.75) is 18.4 Å². The van der Waals surface area contributed by atoms with Gasteiger partial charge in [-0.15, -0.1) is 0 Å². The van der Waals surface area contributed by atoms with Crippen molar-refractivity contribution in [3.05, 3.63) is 58.9 Å². The van der Waals surface area contributed by atoms with Crippen LogP contribution in [-0.2, 0) is 5.60 Å². The van der Waals surface area contributed by atoms with Crippen LogP contribution in [-0.4, -0.2) is 29.1 Å². The number of carbonyl (C=O) groups excluding carboxylic acids is 1. The minimum atomic E-state index is -0.950. The molecule has 1 aromatic heterocycles. The van der Waals surface area contributed by atoms with Gasteiger partial charge in [0.1, 0.15) is 0 Å². The monoisotopic (exact) mass is 331 g/mol. The van der Waals surface area contributed by atoms with Gasteiger partial charge in [-0.1, -0.05) is 29.8 Å². The fraction of sp³-hybridized carbons (Fsp3) is 0.294. The zero-order valence-corrected chi connectivity index (χ0v) is 13.3. The largest absolute Gasteiger partial charge is 0.385 e. The molecule has 0 spiro atoms. The van der Waals surface area contributed by atoms with Gasteiger partial charge in [0, 0.05) is 36.1 Å². The van der Waals surface area contributed by atoms with E-state index in [4.69, 9.17) is 17.3 Å². The van der Waals surface area contributed by atoms with E-state index in [9.17, 15) is 9.90 Å². The maximum atomic E-state index is 11.5. The molecule has 23 heavy (non-hydrogen) atoms. The van der Waals surface area contributed by atoms with Crippen molar-refractivity contribution in [2.24, 2.45) is 5.73 Å². The van der Waals surface area contributed by atoms with Gasteiger partial charge in [-0.2, -0.15) is 0 Å². The number of amides is 1. The Labute approximate surface area is 139 Å². The van der Waals surface area contributed by atoms with Crippen LogP contribution in [0.15, 0.2) is 42.7 Å². The predicted octanol–water partition coefficient (Wildman–Crippen LogP) is 2.32. The van der Waals surface area contributed by atoms with E-state index in [1.165, 1.54) is 6.20 Å². The van der Waals surface area contributed by atoms with Crippen LogP contribution in [0.5, 0.6) is 0 Å². The number of nitrogens with two attached hydrogens (primary N) is 1. The molecule has 1 aromatic carbocycles. The highest BCUT2D eigenvalue weighted by Gasteiger charge is 2.36. The third kappa shape index (κ3) is 3.02. The number of aromatic nitrogens is 1. The third-order valence-corrected chi connectivity index (χ3v) is 4.70. The zero-order chi connectivity index (χ0) is 16.4. The highest BCUT2D eigenvalue weighted by molar-refractivity contribution is 6.31. The lowest BCUT2D eigenvalue weighted by molar-refractivity contribution is 0.0119. The van der Waals surface area contributed by atoms with Gasteiger partial charge in [-0.05, 0) is 25.0 Å². The molecule has 2 heterocycles. The Morgan fingerprint density at radius 1 is 1.26 bits per heavy atom. The van der Waals surface area contributed by atoms with Crippen molar-refractivity contribution in [1.82, 2.24) is 4.98 Å². The second-order valence-electron chi connectivity index (χ2n) is 5.76. The van der Waals surface area contributed by atoms with Gasteiger partial charge in [0.2, 0.25) is 0 Å². The van der Waals surface area contributed by atoms with Crippen molar-refractivity contribution in [3.63, 3.8) is 0 Å². The first kappa shape index (κ1) is 15.8. The van der Waals surface area contributed by atoms with E-state index in [1.54, 1.807) is 18.3 Å². The molecule has 0 unspecified atom stereocenters. The maximum absolute atomic E-state index is 11.5. The highest BCUT2D eigenvalue weighted by Crippen LogP contribution is 2.38. The van der Waals surface area contributed by atoms with Crippen LogP contribution >= 0.6 is 11.6 Å². The van der Waals surface area contributed by atoms with Crippen LogP contribution in [0.4, 0.5) is 5.69 Å². The van der Waals surface area contributed by atoms with Gasteiger partial charge in [0.05, 0.1) is 16.9 Å². The molecule has 1 saturated heterocycles. The summed E-state index contributed by atoms with van der Waals surface area (Å²) in [6, 6.07) is 9.15. The minimum absolute atomic E-state index is 0.399. The summed E-state index contributed by atoms with van der Waals surface area (Å²) in [6.45, 7) is 1.21.